The van der Waals surface area contributed by atoms with Crippen LogP contribution in [0.1, 0.15) is 52.6 Å². The molecule has 1 aromatic heterocycles. The number of carbonyl (C=O) groups is 1. The highest BCUT2D eigenvalue weighted by Crippen LogP contribution is 2.43. The van der Waals surface area contributed by atoms with Crippen LogP contribution in [0.4, 0.5) is 18.9 Å². The smallest absolute Gasteiger partial charge is 0.417 e. The highest BCUT2D eigenvalue weighted by atomic mass is 19.4. The van der Waals surface area contributed by atoms with Crippen LogP contribution in [0.2, 0.25) is 0 Å². The molecule has 3 aromatic rings. The number of nitrogens with zero attached hydrogens (tertiary/aromatic N) is 3. The summed E-state index contributed by atoms with van der Waals surface area (Å²) in [6.45, 7) is 6.49. The van der Waals surface area contributed by atoms with Gasteiger partial charge in [-0.05, 0) is 49.5 Å². The number of furan rings is 1. The number of nitriles is 1. The minimum atomic E-state index is -4.75. The Morgan fingerprint density at radius 3 is 2.45 bits per heavy atom. The van der Waals surface area contributed by atoms with E-state index in [4.69, 9.17) is 13.9 Å². The summed E-state index contributed by atoms with van der Waals surface area (Å²) in [6, 6.07) is 12.0. The molecule has 0 unspecified atom stereocenters. The lowest BCUT2D eigenvalue weighted by molar-refractivity contribution is -0.137. The predicted molar refractivity (Wildman–Crippen MR) is 145 cm³/mol. The van der Waals surface area contributed by atoms with E-state index in [1.807, 2.05) is 0 Å². The number of rotatable bonds is 7. The van der Waals surface area contributed by atoms with Gasteiger partial charge in [0, 0.05) is 49.7 Å². The fourth-order valence-electron chi connectivity index (χ4n) is 4.50. The van der Waals surface area contributed by atoms with Gasteiger partial charge in [-0.25, -0.2) is 0 Å². The Bertz CT molecular complexity index is 1490. The first kappa shape index (κ1) is 28.6. The Labute approximate surface area is 230 Å². The number of allylic oxidation sites excluding steroid dienone is 1. The third-order valence-corrected chi connectivity index (χ3v) is 6.53. The first-order valence-electron chi connectivity index (χ1n) is 12.6. The monoisotopic (exact) mass is 551 g/mol. The van der Waals surface area contributed by atoms with E-state index in [-0.39, 0.29) is 34.4 Å². The summed E-state index contributed by atoms with van der Waals surface area (Å²) < 4.78 is 59.6. The van der Waals surface area contributed by atoms with E-state index in [1.54, 1.807) is 31.2 Å². The fraction of sp³-hybridized carbons (Fsp3) is 0.300. The van der Waals surface area contributed by atoms with Crippen LogP contribution in [0.5, 0.6) is 5.75 Å². The molecule has 10 heteroatoms. The van der Waals surface area contributed by atoms with Crippen molar-refractivity contribution in [3.8, 4) is 23.1 Å². The third kappa shape index (κ3) is 5.95. The van der Waals surface area contributed by atoms with Crippen molar-refractivity contribution in [2.45, 2.75) is 32.0 Å². The molecule has 1 aliphatic heterocycles. The van der Waals surface area contributed by atoms with Crippen molar-refractivity contribution in [3.63, 3.8) is 0 Å². The average molecular weight is 552 g/mol. The zero-order chi connectivity index (χ0) is 29.0. The highest BCUT2D eigenvalue weighted by molar-refractivity contribution is 5.95. The van der Waals surface area contributed by atoms with Gasteiger partial charge in [0.05, 0.1) is 24.3 Å². The largest absolute Gasteiger partial charge is 0.489 e. The van der Waals surface area contributed by atoms with Crippen LogP contribution < -0.4 is 4.74 Å². The molecule has 0 radical (unpaired) electrons. The van der Waals surface area contributed by atoms with Crippen molar-refractivity contribution in [3.05, 3.63) is 76.6 Å². The molecular formula is C30H28F3N3O4. The van der Waals surface area contributed by atoms with Crippen molar-refractivity contribution in [1.82, 2.24) is 4.90 Å². The van der Waals surface area contributed by atoms with Gasteiger partial charge in [-0.2, -0.15) is 18.4 Å². The van der Waals surface area contributed by atoms with Gasteiger partial charge in [-0.15, -0.1) is 0 Å². The van der Waals surface area contributed by atoms with Gasteiger partial charge in [0.25, 0.3) is 5.91 Å². The summed E-state index contributed by atoms with van der Waals surface area (Å²) in [5.74, 6) is -0.0127. The first-order chi connectivity index (χ1) is 19.1. The number of alkyl halides is 3. The summed E-state index contributed by atoms with van der Waals surface area (Å²) in [5.41, 5.74) is 0.278. The van der Waals surface area contributed by atoms with E-state index in [9.17, 15) is 23.2 Å². The van der Waals surface area contributed by atoms with Gasteiger partial charge in [-0.3, -0.25) is 9.79 Å². The van der Waals surface area contributed by atoms with Crippen molar-refractivity contribution >= 4 is 23.9 Å². The Balaban J connectivity index is 1.74. The molecule has 0 saturated carbocycles. The Morgan fingerprint density at radius 1 is 1.15 bits per heavy atom. The van der Waals surface area contributed by atoms with Gasteiger partial charge in [0.2, 0.25) is 0 Å². The molecule has 0 bridgehead atoms. The molecule has 2 aromatic carbocycles. The average Bonchev–Trinajstić information content (AvgIpc) is 3.37. The molecule has 0 aliphatic carbocycles. The van der Waals surface area contributed by atoms with Gasteiger partial charge < -0.3 is 18.8 Å². The second-order valence-electron chi connectivity index (χ2n) is 9.40. The second-order valence-corrected chi connectivity index (χ2v) is 9.40. The Hall–Kier alpha value is -4.36. The summed E-state index contributed by atoms with van der Waals surface area (Å²) in [5, 5.41) is 9.79. The lowest BCUT2D eigenvalue weighted by Crippen LogP contribution is -2.26. The zero-order valence-corrected chi connectivity index (χ0v) is 22.3. The second kappa shape index (κ2) is 11.8. The molecule has 1 fully saturated rings. The van der Waals surface area contributed by atoms with E-state index in [0.717, 1.165) is 18.9 Å². The highest BCUT2D eigenvalue weighted by Gasteiger charge is 2.36. The fourth-order valence-corrected chi connectivity index (χ4v) is 4.50. The topological polar surface area (TPSA) is 88.1 Å². The molecule has 1 aliphatic rings. The van der Waals surface area contributed by atoms with Crippen LogP contribution in [-0.2, 0) is 10.9 Å². The van der Waals surface area contributed by atoms with Crippen LogP contribution in [0.25, 0.3) is 16.9 Å². The molecular weight excluding hydrogens is 523 g/mol. The molecule has 4 rings (SSSR count). The van der Waals surface area contributed by atoms with Crippen molar-refractivity contribution < 1.29 is 31.9 Å². The van der Waals surface area contributed by atoms with Gasteiger partial charge >= 0.3 is 6.18 Å². The quantitative estimate of drug-likeness (QED) is 0.299. The minimum absolute atomic E-state index is 0.0562. The van der Waals surface area contributed by atoms with Crippen LogP contribution in [0.15, 0.2) is 58.0 Å². The molecule has 1 amide bonds. The van der Waals surface area contributed by atoms with Crippen LogP contribution in [-0.4, -0.2) is 50.9 Å². The molecule has 7 nitrogen and oxygen atoms in total. The van der Waals surface area contributed by atoms with Gasteiger partial charge in [0.15, 0.2) is 5.76 Å². The molecule has 1 saturated heterocycles. The van der Waals surface area contributed by atoms with Crippen molar-refractivity contribution in [2.75, 3.05) is 27.3 Å². The molecule has 2 heterocycles. The Morgan fingerprint density at radius 2 is 1.85 bits per heavy atom. The summed E-state index contributed by atoms with van der Waals surface area (Å²) in [4.78, 5) is 17.5. The van der Waals surface area contributed by atoms with E-state index >= 15 is 0 Å². The van der Waals surface area contributed by atoms with Gasteiger partial charge in [-0.1, -0.05) is 12.1 Å². The minimum Gasteiger partial charge on any atom is -0.489 e. The molecule has 208 valence electrons. The van der Waals surface area contributed by atoms with E-state index in [2.05, 4.69) is 17.8 Å². The van der Waals surface area contributed by atoms with E-state index in [0.29, 0.717) is 35.7 Å². The number of hydrogen-bond acceptors (Lipinski definition) is 6. The number of halogens is 3. The van der Waals surface area contributed by atoms with Crippen LogP contribution in [0, 0.1) is 11.3 Å². The van der Waals surface area contributed by atoms with Crippen LogP contribution in [0.3, 0.4) is 0 Å². The Kier molecular flexibility index (Phi) is 8.45. The number of aliphatic imine (C=N–C) groups is 1. The number of carbonyl (C=O) groups excluding carboxylic acids is 1. The van der Waals surface area contributed by atoms with Gasteiger partial charge in [0.1, 0.15) is 29.4 Å². The predicted octanol–water partition coefficient (Wildman–Crippen LogP) is 6.88. The molecule has 0 atom stereocenters. The van der Waals surface area contributed by atoms with E-state index < -0.39 is 17.6 Å². The summed E-state index contributed by atoms with van der Waals surface area (Å²) >= 11 is 0. The maximum absolute atomic E-state index is 14.1. The molecule has 0 N–H and O–H groups in total. The molecule has 40 heavy (non-hydrogen) atoms. The zero-order valence-electron chi connectivity index (χ0n) is 22.3. The third-order valence-electron chi connectivity index (χ3n) is 6.53. The summed E-state index contributed by atoms with van der Waals surface area (Å²) in [7, 11) is 2.93. The maximum Gasteiger partial charge on any atom is 0.417 e. The summed E-state index contributed by atoms with van der Waals surface area (Å²) in [6.07, 6.45) is -1.64. The van der Waals surface area contributed by atoms with Crippen molar-refractivity contribution in [1.29, 1.82) is 5.26 Å². The molecule has 0 spiro atoms. The van der Waals surface area contributed by atoms with E-state index in [1.165, 1.54) is 37.2 Å². The lowest BCUT2D eigenvalue weighted by atomic mass is 9.99. The SMILES string of the molecule is C=Nc1cc(-c2ccc(C(=O)N(C)C)cc2C(F)(F)F)oc1/C(=C\C)c1ccc(OC2CCOCC2)c(C#N)c1. The van der Waals surface area contributed by atoms with Crippen molar-refractivity contribution in [2.24, 2.45) is 4.99 Å². The lowest BCUT2D eigenvalue weighted by Gasteiger charge is -2.24. The number of hydrogen-bond donors (Lipinski definition) is 0. The van der Waals surface area contributed by atoms with Crippen LogP contribution >= 0.6 is 0 Å². The standard InChI is InChI=1S/C30H28F3N3O4/c1-5-22(18-7-9-26(20(14-18)17-34)39-21-10-12-38-13-11-21)28-25(35-2)16-27(40-28)23-8-6-19(29(37)36(3)4)15-24(23)30(31,32)33/h5-9,14-16,21H,2,10-13H2,1,3-4H3/b22-5-. The first-order valence-corrected chi connectivity index (χ1v) is 12.6. The number of benzene rings is 2. The maximum atomic E-state index is 14.1. The number of ether oxygens (including phenoxy) is 2. The normalized spacial score (nSPS) is 14.5. The number of amides is 1.